The van der Waals surface area contributed by atoms with E-state index in [1.54, 1.807) is 43.3 Å². The zero-order valence-electron chi connectivity index (χ0n) is 19.5. The van der Waals surface area contributed by atoms with Crippen molar-refractivity contribution in [1.82, 2.24) is 0 Å². The van der Waals surface area contributed by atoms with Crippen LogP contribution in [0.25, 0.3) is 6.08 Å². The van der Waals surface area contributed by atoms with Crippen LogP contribution in [0.15, 0.2) is 68.2 Å². The van der Waals surface area contributed by atoms with Crippen LogP contribution in [0, 0.1) is 10.1 Å². The minimum Gasteiger partial charge on any atom is -0.506 e. The van der Waals surface area contributed by atoms with Gasteiger partial charge < -0.3 is 14.6 Å². The molecule has 1 aliphatic rings. The van der Waals surface area contributed by atoms with Crippen molar-refractivity contribution in [2.75, 3.05) is 6.61 Å². The number of rotatable bonds is 9. The van der Waals surface area contributed by atoms with Crippen LogP contribution in [0.5, 0.6) is 5.75 Å². The number of ether oxygens (including phenoxy) is 2. The second-order valence-corrected chi connectivity index (χ2v) is 9.46. The van der Waals surface area contributed by atoms with E-state index in [4.69, 9.17) is 9.47 Å². The Balaban J connectivity index is 1.95. The predicted octanol–water partition coefficient (Wildman–Crippen LogP) is 6.12. The van der Waals surface area contributed by atoms with Crippen LogP contribution in [0.3, 0.4) is 0 Å². The molecular formula is C25H23BrN2O7S. The Morgan fingerprint density at radius 1 is 1.22 bits per heavy atom. The van der Waals surface area contributed by atoms with Gasteiger partial charge in [-0.1, -0.05) is 46.7 Å². The molecule has 1 aliphatic heterocycles. The molecule has 1 amide bonds. The third-order valence-corrected chi connectivity index (χ3v) is 6.35. The smallest absolute Gasteiger partial charge is 0.344 e. The number of nitro groups is 1. The largest absolute Gasteiger partial charge is 0.506 e. The minimum absolute atomic E-state index is 0.0393. The van der Waals surface area contributed by atoms with E-state index in [-0.39, 0.29) is 41.7 Å². The van der Waals surface area contributed by atoms with E-state index in [0.717, 1.165) is 16.2 Å². The molecule has 0 atom stereocenters. The molecule has 0 saturated carbocycles. The first-order valence-electron chi connectivity index (χ1n) is 11.0. The summed E-state index contributed by atoms with van der Waals surface area (Å²) in [7, 11) is 0. The minimum atomic E-state index is -0.773. The quantitative estimate of drug-likeness (QED) is 0.215. The lowest BCUT2D eigenvalue weighted by molar-refractivity contribution is -0.384. The van der Waals surface area contributed by atoms with Crippen molar-refractivity contribution in [3.05, 3.63) is 84.4 Å². The Kier molecular flexibility index (Phi) is 9.43. The number of amides is 1. The molecule has 1 N–H and O–H groups in total. The molecule has 0 fully saturated rings. The number of aliphatic hydroxyl groups is 1. The Labute approximate surface area is 220 Å². The van der Waals surface area contributed by atoms with Crippen molar-refractivity contribution >= 4 is 56.4 Å². The molecule has 9 nitrogen and oxygen atoms in total. The molecular weight excluding hydrogens is 552 g/mol. The fourth-order valence-corrected chi connectivity index (χ4v) is 4.60. The molecule has 0 saturated heterocycles. The van der Waals surface area contributed by atoms with Gasteiger partial charge in [-0.25, -0.2) is 9.79 Å². The van der Waals surface area contributed by atoms with Gasteiger partial charge in [0.05, 0.1) is 16.4 Å². The first-order valence-corrected chi connectivity index (χ1v) is 12.6. The Hall–Kier alpha value is -3.44. The summed E-state index contributed by atoms with van der Waals surface area (Å²) in [5, 5.41) is 22.0. The summed E-state index contributed by atoms with van der Waals surface area (Å²) >= 11 is 4.40. The van der Waals surface area contributed by atoms with Gasteiger partial charge in [-0.3, -0.25) is 14.9 Å². The maximum atomic E-state index is 12.5. The zero-order chi connectivity index (χ0) is 26.2. The van der Waals surface area contributed by atoms with Gasteiger partial charge in [0.15, 0.2) is 0 Å². The van der Waals surface area contributed by atoms with Crippen LogP contribution >= 0.6 is 27.7 Å². The van der Waals surface area contributed by atoms with E-state index in [9.17, 15) is 24.8 Å². The number of nitrogens with zero attached hydrogens (tertiary/aromatic N) is 2. The molecule has 0 radical (unpaired) electrons. The number of hydrogen-bond acceptors (Lipinski definition) is 8. The summed E-state index contributed by atoms with van der Waals surface area (Å²) in [6.45, 7) is 3.64. The first-order chi connectivity index (χ1) is 17.2. The van der Waals surface area contributed by atoms with Crippen molar-refractivity contribution in [3.63, 3.8) is 0 Å². The van der Waals surface area contributed by atoms with Gasteiger partial charge in [-0.05, 0) is 43.2 Å². The number of esters is 1. The standard InChI is InChI=1S/C25H23BrN2O7S/c1-3-6-21(29)27-24-22(25(31)34-4-2)23(30)20(36-24)13-16-12-17(26)9-10-19(16)35-14-15-7-5-8-18(11-15)28(32)33/h5,7-13,30H,3-4,6,14H2,1-2H3/b20-13-,27-24?. The highest BCUT2D eigenvalue weighted by Gasteiger charge is 2.34. The van der Waals surface area contributed by atoms with Gasteiger partial charge in [-0.2, -0.15) is 0 Å². The molecule has 11 heteroatoms. The topological polar surface area (TPSA) is 128 Å². The van der Waals surface area contributed by atoms with E-state index >= 15 is 0 Å². The molecule has 2 aromatic rings. The Bertz CT molecular complexity index is 1290. The Morgan fingerprint density at radius 2 is 2.00 bits per heavy atom. The molecule has 1 heterocycles. The lowest BCUT2D eigenvalue weighted by Crippen LogP contribution is -2.14. The zero-order valence-corrected chi connectivity index (χ0v) is 21.9. The second kappa shape index (κ2) is 12.5. The van der Waals surface area contributed by atoms with Gasteiger partial charge in [0.1, 0.15) is 28.7 Å². The summed E-state index contributed by atoms with van der Waals surface area (Å²) in [6.07, 6.45) is 2.41. The van der Waals surface area contributed by atoms with E-state index in [2.05, 4.69) is 20.9 Å². The summed E-state index contributed by atoms with van der Waals surface area (Å²) in [4.78, 5) is 39.5. The second-order valence-electron chi connectivity index (χ2n) is 7.51. The molecule has 188 valence electrons. The van der Waals surface area contributed by atoms with E-state index in [0.29, 0.717) is 28.2 Å². The van der Waals surface area contributed by atoms with E-state index < -0.39 is 16.8 Å². The summed E-state index contributed by atoms with van der Waals surface area (Å²) in [5.74, 6) is -1.08. The van der Waals surface area contributed by atoms with Crippen molar-refractivity contribution < 1.29 is 29.1 Å². The molecule has 0 unspecified atom stereocenters. The average molecular weight is 575 g/mol. The van der Waals surface area contributed by atoms with Crippen molar-refractivity contribution in [2.45, 2.75) is 33.3 Å². The number of nitro benzene ring substituents is 1. The molecule has 3 rings (SSSR count). The van der Waals surface area contributed by atoms with Crippen LogP contribution in [0.1, 0.15) is 37.8 Å². The number of halogens is 1. The van der Waals surface area contributed by atoms with Gasteiger partial charge >= 0.3 is 5.97 Å². The summed E-state index contributed by atoms with van der Waals surface area (Å²) in [6, 6.07) is 11.4. The van der Waals surface area contributed by atoms with Crippen LogP contribution in [-0.4, -0.2) is 33.6 Å². The highest BCUT2D eigenvalue weighted by molar-refractivity contribution is 9.10. The average Bonchev–Trinajstić information content (AvgIpc) is 3.13. The molecule has 0 bridgehead atoms. The fraction of sp³-hybridized carbons (Fsp3) is 0.240. The highest BCUT2D eigenvalue weighted by atomic mass is 79.9. The molecule has 0 aromatic heterocycles. The SMILES string of the molecule is CCCC(=O)N=C1S/C(=C\c2cc(Br)ccc2OCc2cccc([N+](=O)[O-])c2)C(O)=C1C(=O)OCC. The molecule has 0 aliphatic carbocycles. The Morgan fingerprint density at radius 3 is 2.69 bits per heavy atom. The highest BCUT2D eigenvalue weighted by Crippen LogP contribution is 2.40. The van der Waals surface area contributed by atoms with Gasteiger partial charge in [0.25, 0.3) is 5.69 Å². The number of carbonyl (C=O) groups excluding carboxylic acids is 2. The number of aliphatic hydroxyl groups excluding tert-OH is 1. The lowest BCUT2D eigenvalue weighted by atomic mass is 10.1. The number of aliphatic imine (C=N–C) groups is 1. The third kappa shape index (κ3) is 6.82. The van der Waals surface area contributed by atoms with Crippen LogP contribution < -0.4 is 4.74 Å². The number of benzene rings is 2. The van der Waals surface area contributed by atoms with Crippen LogP contribution in [-0.2, 0) is 20.9 Å². The van der Waals surface area contributed by atoms with Gasteiger partial charge in [0.2, 0.25) is 5.91 Å². The van der Waals surface area contributed by atoms with Crippen LogP contribution in [0.2, 0.25) is 0 Å². The first kappa shape index (κ1) is 27.2. The maximum absolute atomic E-state index is 12.5. The van der Waals surface area contributed by atoms with E-state index in [1.165, 1.54) is 12.1 Å². The predicted molar refractivity (Wildman–Crippen MR) is 141 cm³/mol. The third-order valence-electron chi connectivity index (χ3n) is 4.83. The number of non-ortho nitro benzene ring substituents is 1. The van der Waals surface area contributed by atoms with Crippen molar-refractivity contribution in [3.8, 4) is 5.75 Å². The molecule has 2 aromatic carbocycles. The summed E-state index contributed by atoms with van der Waals surface area (Å²) < 4.78 is 11.7. The van der Waals surface area contributed by atoms with Gasteiger partial charge in [0, 0.05) is 28.6 Å². The number of hydrogen-bond donors (Lipinski definition) is 1. The maximum Gasteiger partial charge on any atom is 0.344 e. The van der Waals surface area contributed by atoms with E-state index in [1.807, 2.05) is 6.92 Å². The normalized spacial score (nSPS) is 15.4. The fourth-order valence-electron chi connectivity index (χ4n) is 3.20. The number of thioether (sulfide) groups is 1. The lowest BCUT2D eigenvalue weighted by Gasteiger charge is -2.11. The van der Waals surface area contributed by atoms with Gasteiger partial charge in [-0.15, -0.1) is 0 Å². The van der Waals surface area contributed by atoms with Crippen LogP contribution in [0.4, 0.5) is 5.69 Å². The summed E-state index contributed by atoms with van der Waals surface area (Å²) in [5.41, 5.74) is 0.972. The monoisotopic (exact) mass is 574 g/mol. The number of carbonyl (C=O) groups is 2. The van der Waals surface area contributed by atoms with Crippen molar-refractivity contribution in [1.29, 1.82) is 0 Å². The van der Waals surface area contributed by atoms with Crippen molar-refractivity contribution in [2.24, 2.45) is 4.99 Å². The molecule has 0 spiro atoms. The molecule has 36 heavy (non-hydrogen) atoms.